The first-order valence-corrected chi connectivity index (χ1v) is 10.1. The van der Waals surface area contributed by atoms with Gasteiger partial charge in [-0.05, 0) is 51.1 Å². The van der Waals surface area contributed by atoms with Crippen molar-refractivity contribution in [2.75, 3.05) is 5.32 Å². The van der Waals surface area contributed by atoms with Crippen LogP contribution in [0.3, 0.4) is 0 Å². The molecule has 1 aromatic carbocycles. The van der Waals surface area contributed by atoms with Crippen LogP contribution in [0.15, 0.2) is 42.6 Å². The van der Waals surface area contributed by atoms with Crippen LogP contribution >= 0.6 is 11.6 Å². The van der Waals surface area contributed by atoms with E-state index in [1.165, 1.54) is 0 Å². The van der Waals surface area contributed by atoms with E-state index in [1.54, 1.807) is 31.2 Å². The smallest absolute Gasteiger partial charge is 0.416 e. The predicted octanol–water partition coefficient (Wildman–Crippen LogP) is 6.20. The molecule has 0 radical (unpaired) electrons. The fraction of sp³-hybridized carbons (Fsp3) is 0.261. The zero-order chi connectivity index (χ0) is 23.3. The molecule has 166 valence electrons. The number of hydrogen-bond acceptors (Lipinski definition) is 5. The van der Waals surface area contributed by atoms with Crippen LogP contribution in [0, 0.1) is 25.7 Å². The fourth-order valence-corrected chi connectivity index (χ4v) is 2.91. The first-order chi connectivity index (χ1) is 15.1. The first-order valence-electron chi connectivity index (χ1n) is 9.69. The van der Waals surface area contributed by atoms with Gasteiger partial charge in [0.25, 0.3) is 0 Å². The zero-order valence-electron chi connectivity index (χ0n) is 17.6. The maximum atomic E-state index is 12.8. The molecule has 0 bridgehead atoms. The van der Waals surface area contributed by atoms with E-state index in [-0.39, 0.29) is 11.9 Å². The van der Waals surface area contributed by atoms with Gasteiger partial charge in [0, 0.05) is 35.9 Å². The molecule has 0 aliphatic carbocycles. The molecule has 1 unspecified atom stereocenters. The third-order valence-electron chi connectivity index (χ3n) is 4.36. The van der Waals surface area contributed by atoms with Crippen molar-refractivity contribution in [3.05, 3.63) is 70.3 Å². The highest BCUT2D eigenvalue weighted by Crippen LogP contribution is 2.31. The van der Waals surface area contributed by atoms with E-state index in [9.17, 15) is 13.2 Å². The molecule has 0 amide bonds. The second-order valence-corrected chi connectivity index (χ2v) is 7.45. The topological polar surface area (TPSA) is 59.9 Å². The molecule has 0 spiro atoms. The highest BCUT2D eigenvalue weighted by atomic mass is 35.5. The Kier molecular flexibility index (Phi) is 7.21. The number of alkyl halides is 3. The van der Waals surface area contributed by atoms with Gasteiger partial charge in [0.15, 0.2) is 0 Å². The number of pyridine rings is 1. The van der Waals surface area contributed by atoms with Crippen LogP contribution < -0.4 is 10.1 Å². The maximum Gasteiger partial charge on any atom is 0.416 e. The Morgan fingerprint density at radius 2 is 1.84 bits per heavy atom. The van der Waals surface area contributed by atoms with E-state index >= 15 is 0 Å². The third kappa shape index (κ3) is 6.34. The van der Waals surface area contributed by atoms with Crippen LogP contribution in [0.5, 0.6) is 11.6 Å². The predicted molar refractivity (Wildman–Crippen MR) is 117 cm³/mol. The van der Waals surface area contributed by atoms with Crippen LogP contribution in [0.2, 0.25) is 5.15 Å². The van der Waals surface area contributed by atoms with Crippen LogP contribution in [-0.4, -0.2) is 21.0 Å². The highest BCUT2D eigenvalue weighted by molar-refractivity contribution is 6.30. The molecular formula is C23H20ClF3N4O. The van der Waals surface area contributed by atoms with E-state index in [4.69, 9.17) is 16.3 Å². The van der Waals surface area contributed by atoms with Crippen LogP contribution in [0.1, 0.15) is 35.9 Å². The molecular weight excluding hydrogens is 441 g/mol. The molecule has 0 saturated carbocycles. The summed E-state index contributed by atoms with van der Waals surface area (Å²) >= 11 is 6.10. The third-order valence-corrected chi connectivity index (χ3v) is 4.73. The van der Waals surface area contributed by atoms with Crippen molar-refractivity contribution in [3.8, 4) is 23.5 Å². The minimum atomic E-state index is -4.45. The lowest BCUT2D eigenvalue weighted by Gasteiger charge is -2.14. The molecule has 32 heavy (non-hydrogen) atoms. The van der Waals surface area contributed by atoms with Crippen LogP contribution in [0.25, 0.3) is 0 Å². The van der Waals surface area contributed by atoms with Gasteiger partial charge in [-0.2, -0.15) is 13.2 Å². The SMILES string of the molecule is Cc1nc(Cl)c(C)c(NC(C)CC#Cc2ccc(Oc3cc(C(F)(F)F)ccn3)cc2)n1. The number of ether oxygens (including phenoxy) is 1. The van der Waals surface area contributed by atoms with Gasteiger partial charge in [-0.3, -0.25) is 0 Å². The second kappa shape index (κ2) is 9.88. The standard InChI is InChI=1S/C23H20ClF3N4O/c1-14(29-22-15(2)21(24)30-16(3)31-22)5-4-6-17-7-9-19(10-8-17)32-20-13-18(11-12-28-20)23(25,26)27/h7-14H,5H2,1-3H3,(H,29,30,31). The number of halogens is 4. The number of hydrogen-bond donors (Lipinski definition) is 1. The summed E-state index contributed by atoms with van der Waals surface area (Å²) < 4.78 is 43.8. The summed E-state index contributed by atoms with van der Waals surface area (Å²) in [5, 5.41) is 3.70. The molecule has 1 N–H and O–H groups in total. The summed E-state index contributed by atoms with van der Waals surface area (Å²) in [4.78, 5) is 12.3. The van der Waals surface area contributed by atoms with Crippen LogP contribution in [-0.2, 0) is 6.18 Å². The lowest BCUT2D eigenvalue weighted by molar-refractivity contribution is -0.137. The summed E-state index contributed by atoms with van der Waals surface area (Å²) in [5.41, 5.74) is 0.712. The molecule has 1 atom stereocenters. The van der Waals surface area contributed by atoms with E-state index < -0.39 is 11.7 Å². The molecule has 5 nitrogen and oxygen atoms in total. The van der Waals surface area contributed by atoms with Gasteiger partial charge in [0.1, 0.15) is 22.5 Å². The van der Waals surface area contributed by atoms with Crippen molar-refractivity contribution < 1.29 is 17.9 Å². The van der Waals surface area contributed by atoms with Crippen molar-refractivity contribution in [1.29, 1.82) is 0 Å². The Morgan fingerprint density at radius 1 is 1.12 bits per heavy atom. The average Bonchev–Trinajstić information content (AvgIpc) is 2.72. The van der Waals surface area contributed by atoms with Crippen molar-refractivity contribution in [3.63, 3.8) is 0 Å². The molecule has 9 heteroatoms. The van der Waals surface area contributed by atoms with Crippen molar-refractivity contribution in [2.45, 2.75) is 39.4 Å². The minimum absolute atomic E-state index is 0.0288. The summed E-state index contributed by atoms with van der Waals surface area (Å²) in [6, 6.07) is 8.49. The lowest BCUT2D eigenvalue weighted by Crippen LogP contribution is -2.17. The first kappa shape index (κ1) is 23.4. The van der Waals surface area contributed by atoms with E-state index in [0.29, 0.717) is 29.0 Å². The largest absolute Gasteiger partial charge is 0.439 e. The number of nitrogens with zero attached hydrogens (tertiary/aromatic N) is 3. The number of benzene rings is 1. The molecule has 0 aliphatic rings. The molecule has 0 aliphatic heterocycles. The number of rotatable bonds is 5. The highest BCUT2D eigenvalue weighted by Gasteiger charge is 2.31. The van der Waals surface area contributed by atoms with E-state index in [1.807, 2.05) is 13.8 Å². The van der Waals surface area contributed by atoms with Gasteiger partial charge in [0.2, 0.25) is 5.88 Å². The molecule has 3 rings (SSSR count). The van der Waals surface area contributed by atoms with Gasteiger partial charge in [-0.25, -0.2) is 15.0 Å². The molecule has 3 aromatic rings. The Bertz CT molecular complexity index is 1150. The lowest BCUT2D eigenvalue weighted by atomic mass is 10.2. The number of aryl methyl sites for hydroxylation is 1. The average molecular weight is 461 g/mol. The summed E-state index contributed by atoms with van der Waals surface area (Å²) in [7, 11) is 0. The Hall–Kier alpha value is -3.31. The Labute approximate surface area is 189 Å². The molecule has 2 aromatic heterocycles. The van der Waals surface area contributed by atoms with Crippen molar-refractivity contribution >= 4 is 17.4 Å². The normalized spacial score (nSPS) is 12.0. The molecule has 2 heterocycles. The maximum absolute atomic E-state index is 12.8. The van der Waals surface area contributed by atoms with Gasteiger partial charge in [-0.1, -0.05) is 23.4 Å². The number of anilines is 1. The van der Waals surface area contributed by atoms with Crippen molar-refractivity contribution in [1.82, 2.24) is 15.0 Å². The second-order valence-electron chi connectivity index (χ2n) is 7.09. The summed E-state index contributed by atoms with van der Waals surface area (Å²) in [6.45, 7) is 5.61. The van der Waals surface area contributed by atoms with Gasteiger partial charge >= 0.3 is 6.18 Å². The van der Waals surface area contributed by atoms with E-state index in [0.717, 1.165) is 29.5 Å². The number of nitrogens with one attached hydrogen (secondary N) is 1. The molecule has 0 fully saturated rings. The van der Waals surface area contributed by atoms with Gasteiger partial charge < -0.3 is 10.1 Å². The Balaban J connectivity index is 1.59. The monoisotopic (exact) mass is 460 g/mol. The quantitative estimate of drug-likeness (QED) is 0.363. The minimum Gasteiger partial charge on any atom is -0.439 e. The summed E-state index contributed by atoms with van der Waals surface area (Å²) in [6.07, 6.45) is -2.83. The molecule has 0 saturated heterocycles. The zero-order valence-corrected chi connectivity index (χ0v) is 18.3. The Morgan fingerprint density at radius 3 is 2.53 bits per heavy atom. The van der Waals surface area contributed by atoms with E-state index in [2.05, 4.69) is 32.1 Å². The fourth-order valence-electron chi connectivity index (χ4n) is 2.69. The van der Waals surface area contributed by atoms with Gasteiger partial charge in [-0.15, -0.1) is 0 Å². The van der Waals surface area contributed by atoms with Crippen LogP contribution in [0.4, 0.5) is 19.0 Å². The number of aromatic nitrogens is 3. The van der Waals surface area contributed by atoms with Gasteiger partial charge in [0.05, 0.1) is 5.56 Å². The van der Waals surface area contributed by atoms with Crippen molar-refractivity contribution in [2.24, 2.45) is 0 Å². The summed E-state index contributed by atoms with van der Waals surface area (Å²) in [5.74, 6) is 7.65.